The summed E-state index contributed by atoms with van der Waals surface area (Å²) in [6.45, 7) is 1.94. The van der Waals surface area contributed by atoms with Crippen LogP contribution in [0, 0.1) is 11.3 Å². The number of nitriles is 1. The first-order valence-electron chi connectivity index (χ1n) is 5.48. The first-order valence-corrected chi connectivity index (χ1v) is 6.28. The molecule has 86 valence electrons. The topological polar surface area (TPSA) is 57.2 Å². The van der Waals surface area contributed by atoms with E-state index in [9.17, 15) is 5.26 Å². The van der Waals surface area contributed by atoms with Crippen LogP contribution >= 0.6 is 15.9 Å². The molecule has 17 heavy (non-hydrogen) atoms. The lowest BCUT2D eigenvalue weighted by Gasteiger charge is -2.13. The summed E-state index contributed by atoms with van der Waals surface area (Å²) < 4.78 is 2.51. The van der Waals surface area contributed by atoms with E-state index in [1.807, 2.05) is 6.20 Å². The molecular formula is C11H10BrN5. The zero-order chi connectivity index (χ0) is 11.8. The minimum absolute atomic E-state index is 0.569. The van der Waals surface area contributed by atoms with Crippen molar-refractivity contribution in [2.75, 3.05) is 18.0 Å². The maximum atomic E-state index is 9.25. The van der Waals surface area contributed by atoms with Gasteiger partial charge in [-0.1, -0.05) is 0 Å². The van der Waals surface area contributed by atoms with Crippen molar-refractivity contribution in [2.45, 2.75) is 12.8 Å². The third-order valence-corrected chi connectivity index (χ3v) is 3.35. The Hall–Kier alpha value is -1.61. The number of hydrogen-bond acceptors (Lipinski definition) is 4. The zero-order valence-electron chi connectivity index (χ0n) is 9.10. The Kier molecular flexibility index (Phi) is 2.48. The molecule has 1 aliphatic rings. The number of fused-ring (bicyclic) bond motifs is 1. The summed E-state index contributed by atoms with van der Waals surface area (Å²) in [5.41, 5.74) is 1.19. The summed E-state index contributed by atoms with van der Waals surface area (Å²) in [5, 5.41) is 13.7. The molecule has 0 aliphatic carbocycles. The molecule has 6 heteroatoms. The van der Waals surface area contributed by atoms with Gasteiger partial charge in [0.15, 0.2) is 11.5 Å². The fourth-order valence-electron chi connectivity index (χ4n) is 2.15. The van der Waals surface area contributed by atoms with E-state index in [1.165, 1.54) is 0 Å². The molecule has 0 unspecified atom stereocenters. The van der Waals surface area contributed by atoms with Gasteiger partial charge in [0.05, 0.1) is 4.47 Å². The lowest BCUT2D eigenvalue weighted by Crippen LogP contribution is -2.19. The maximum absolute atomic E-state index is 9.25. The zero-order valence-corrected chi connectivity index (χ0v) is 10.7. The number of hydrogen-bond donors (Lipinski definition) is 0. The molecule has 2 aromatic rings. The lowest BCUT2D eigenvalue weighted by atomic mass is 10.3. The molecule has 0 atom stereocenters. The highest BCUT2D eigenvalue weighted by molar-refractivity contribution is 9.10. The van der Waals surface area contributed by atoms with Crippen molar-refractivity contribution in [3.8, 4) is 6.07 Å². The van der Waals surface area contributed by atoms with Crippen molar-refractivity contribution in [1.82, 2.24) is 14.6 Å². The summed E-state index contributed by atoms with van der Waals surface area (Å²) in [6, 6.07) is 2.21. The van der Waals surface area contributed by atoms with Crippen LogP contribution in [0.1, 0.15) is 18.4 Å². The second-order valence-corrected chi connectivity index (χ2v) is 4.96. The largest absolute Gasteiger partial charge is 0.354 e. The molecule has 2 aromatic heterocycles. The predicted octanol–water partition coefficient (Wildman–Crippen LogP) is 1.96. The Morgan fingerprint density at radius 1 is 1.35 bits per heavy atom. The number of aromatic nitrogens is 3. The molecule has 0 aromatic carbocycles. The second kappa shape index (κ2) is 4.00. The smallest absolute Gasteiger partial charge is 0.175 e. The van der Waals surface area contributed by atoms with Crippen molar-refractivity contribution in [2.24, 2.45) is 0 Å². The molecular weight excluding hydrogens is 282 g/mol. The maximum Gasteiger partial charge on any atom is 0.175 e. The van der Waals surface area contributed by atoms with E-state index in [2.05, 4.69) is 37.0 Å². The molecule has 0 radical (unpaired) electrons. The fourth-order valence-corrected chi connectivity index (χ4v) is 2.45. The highest BCUT2D eigenvalue weighted by atomic mass is 79.9. The van der Waals surface area contributed by atoms with Crippen molar-refractivity contribution < 1.29 is 0 Å². The average Bonchev–Trinajstić information content (AvgIpc) is 2.94. The van der Waals surface area contributed by atoms with Crippen LogP contribution < -0.4 is 4.90 Å². The first kappa shape index (κ1) is 10.5. The van der Waals surface area contributed by atoms with Crippen LogP contribution in [0.5, 0.6) is 0 Å². The predicted molar refractivity (Wildman–Crippen MR) is 66.8 cm³/mol. The molecule has 5 nitrogen and oxygen atoms in total. The molecule has 1 aliphatic heterocycles. The van der Waals surface area contributed by atoms with Gasteiger partial charge in [0.25, 0.3) is 0 Å². The van der Waals surface area contributed by atoms with E-state index in [4.69, 9.17) is 0 Å². The first-order chi connectivity index (χ1) is 8.29. The molecule has 0 spiro atoms. The van der Waals surface area contributed by atoms with Gasteiger partial charge < -0.3 is 4.90 Å². The molecule has 1 fully saturated rings. The van der Waals surface area contributed by atoms with Crippen LogP contribution in [0.2, 0.25) is 0 Å². The summed E-state index contributed by atoms with van der Waals surface area (Å²) >= 11 is 3.35. The van der Waals surface area contributed by atoms with Gasteiger partial charge >= 0.3 is 0 Å². The molecule has 1 saturated heterocycles. The highest BCUT2D eigenvalue weighted by Crippen LogP contribution is 2.25. The van der Waals surface area contributed by atoms with E-state index in [1.54, 1.807) is 10.7 Å². The van der Waals surface area contributed by atoms with Crippen LogP contribution in [0.4, 0.5) is 5.82 Å². The normalized spacial score (nSPS) is 15.4. The van der Waals surface area contributed by atoms with Crippen molar-refractivity contribution in [3.63, 3.8) is 0 Å². The Morgan fingerprint density at radius 2 is 2.12 bits per heavy atom. The van der Waals surface area contributed by atoms with Crippen molar-refractivity contribution in [1.29, 1.82) is 5.26 Å². The summed E-state index contributed by atoms with van der Waals surface area (Å²) in [4.78, 5) is 6.40. The highest BCUT2D eigenvalue weighted by Gasteiger charge is 2.22. The minimum Gasteiger partial charge on any atom is -0.354 e. The van der Waals surface area contributed by atoms with Crippen LogP contribution in [0.3, 0.4) is 0 Å². The van der Waals surface area contributed by atoms with Crippen molar-refractivity contribution in [3.05, 3.63) is 22.4 Å². The Bertz CT molecular complexity index is 606. The van der Waals surface area contributed by atoms with Gasteiger partial charge in [-0.2, -0.15) is 5.26 Å². The fraction of sp³-hybridized carbons (Fsp3) is 0.364. The number of nitrogens with zero attached hydrogens (tertiary/aromatic N) is 5. The Balaban J connectivity index is 2.20. The van der Waals surface area contributed by atoms with E-state index in [0.717, 1.165) is 36.2 Å². The van der Waals surface area contributed by atoms with Crippen LogP contribution in [-0.2, 0) is 0 Å². The quantitative estimate of drug-likeness (QED) is 0.806. The van der Waals surface area contributed by atoms with Gasteiger partial charge in [-0.15, -0.1) is 5.10 Å². The van der Waals surface area contributed by atoms with Gasteiger partial charge in [0, 0.05) is 25.5 Å². The number of anilines is 1. The monoisotopic (exact) mass is 291 g/mol. The average molecular weight is 292 g/mol. The third kappa shape index (κ3) is 1.67. The van der Waals surface area contributed by atoms with E-state index < -0.39 is 0 Å². The molecule has 0 bridgehead atoms. The van der Waals surface area contributed by atoms with E-state index in [0.29, 0.717) is 11.2 Å². The van der Waals surface area contributed by atoms with Crippen molar-refractivity contribution >= 4 is 27.4 Å². The van der Waals surface area contributed by atoms with E-state index >= 15 is 0 Å². The van der Waals surface area contributed by atoms with Crippen LogP contribution in [0.25, 0.3) is 5.65 Å². The van der Waals surface area contributed by atoms with Gasteiger partial charge in [-0.3, -0.25) is 0 Å². The molecule has 0 saturated carbocycles. The van der Waals surface area contributed by atoms with Gasteiger partial charge in [-0.25, -0.2) is 9.50 Å². The van der Waals surface area contributed by atoms with Gasteiger partial charge in [-0.05, 0) is 28.8 Å². The standard InChI is InChI=1S/C11H10BrN5/c12-8-6-14-10-9(5-13)11(15-17(10)7-8)16-3-1-2-4-16/h6-7H,1-4H2. The SMILES string of the molecule is N#Cc1c(N2CCCC2)nn2cc(Br)cnc12. The Labute approximate surface area is 107 Å². The molecule has 3 heterocycles. The van der Waals surface area contributed by atoms with Crippen LogP contribution in [-0.4, -0.2) is 27.7 Å². The van der Waals surface area contributed by atoms with Gasteiger partial charge in [0.1, 0.15) is 11.6 Å². The molecule has 0 N–H and O–H groups in total. The third-order valence-electron chi connectivity index (χ3n) is 2.94. The van der Waals surface area contributed by atoms with Crippen LogP contribution in [0.15, 0.2) is 16.9 Å². The van der Waals surface area contributed by atoms with Gasteiger partial charge in [0.2, 0.25) is 0 Å². The Morgan fingerprint density at radius 3 is 2.82 bits per heavy atom. The molecule has 3 rings (SSSR count). The lowest BCUT2D eigenvalue weighted by molar-refractivity contribution is 0.875. The summed E-state index contributed by atoms with van der Waals surface area (Å²) in [7, 11) is 0. The minimum atomic E-state index is 0.569. The number of halogens is 1. The summed E-state index contributed by atoms with van der Waals surface area (Å²) in [6.07, 6.45) is 5.83. The summed E-state index contributed by atoms with van der Waals surface area (Å²) in [5.74, 6) is 0.760. The molecule has 0 amide bonds. The second-order valence-electron chi connectivity index (χ2n) is 4.04. The van der Waals surface area contributed by atoms with E-state index in [-0.39, 0.29) is 0 Å². The number of rotatable bonds is 1.